The van der Waals surface area contributed by atoms with Crippen LogP contribution in [0.2, 0.25) is 0 Å². The van der Waals surface area contributed by atoms with Gasteiger partial charge in [0.05, 0.1) is 10.8 Å². The first kappa shape index (κ1) is 25.9. The van der Waals surface area contributed by atoms with Crippen molar-refractivity contribution in [3.8, 4) is 5.75 Å². The van der Waals surface area contributed by atoms with Crippen molar-refractivity contribution in [1.82, 2.24) is 4.72 Å². The first-order chi connectivity index (χ1) is 16.6. The van der Waals surface area contributed by atoms with Crippen molar-refractivity contribution in [2.45, 2.75) is 69.2 Å². The largest absolute Gasteiger partial charge is 0.489 e. The van der Waals surface area contributed by atoms with Gasteiger partial charge in [0.15, 0.2) is 11.6 Å². The fourth-order valence-corrected chi connectivity index (χ4v) is 6.70. The Labute approximate surface area is 204 Å². The summed E-state index contributed by atoms with van der Waals surface area (Å²) in [6, 6.07) is 8.49. The van der Waals surface area contributed by atoms with Crippen molar-refractivity contribution >= 4 is 10.0 Å². The first-order valence-electron chi connectivity index (χ1n) is 12.2. The summed E-state index contributed by atoms with van der Waals surface area (Å²) in [5, 5.41) is -0.355. The molecular formula is C26H31F4NO3S. The summed E-state index contributed by atoms with van der Waals surface area (Å²) in [6.07, 6.45) is 0.715. The van der Waals surface area contributed by atoms with Gasteiger partial charge in [0.1, 0.15) is 6.61 Å². The Kier molecular flexibility index (Phi) is 7.76. The van der Waals surface area contributed by atoms with E-state index in [1.165, 1.54) is 18.2 Å². The van der Waals surface area contributed by atoms with Crippen LogP contribution in [0.5, 0.6) is 5.75 Å². The molecule has 2 atom stereocenters. The van der Waals surface area contributed by atoms with Gasteiger partial charge < -0.3 is 4.74 Å². The molecule has 2 aromatic carbocycles. The molecule has 192 valence electrons. The molecule has 0 spiro atoms. The standard InChI is InChI=1S/C26H31F4NO3S/c1-2-5-18-14-19-15-24(27)25(34-11-10-31-35(32,33)21-8-4-9-21)16-23(19)22(18)13-17-6-3-7-20(12-17)26(28,29)30/h3,6-7,12,15-16,18,21-22,31H,2,4-5,8-11,13-14H2,1H3. The summed E-state index contributed by atoms with van der Waals surface area (Å²) < 4.78 is 86.8. The first-order valence-corrected chi connectivity index (χ1v) is 13.7. The van der Waals surface area contributed by atoms with Crippen molar-refractivity contribution in [2.75, 3.05) is 13.2 Å². The normalized spacial score (nSPS) is 20.5. The molecule has 1 N–H and O–H groups in total. The van der Waals surface area contributed by atoms with Crippen LogP contribution in [-0.2, 0) is 29.0 Å². The Hall–Kier alpha value is -2.13. The lowest BCUT2D eigenvalue weighted by atomic mass is 9.84. The van der Waals surface area contributed by atoms with Crippen LogP contribution >= 0.6 is 0 Å². The van der Waals surface area contributed by atoms with Crippen molar-refractivity contribution < 1.29 is 30.7 Å². The van der Waals surface area contributed by atoms with Gasteiger partial charge in [-0.05, 0) is 78.8 Å². The number of ether oxygens (including phenoxy) is 1. The summed E-state index contributed by atoms with van der Waals surface area (Å²) in [6.45, 7) is 2.09. The number of alkyl halides is 3. The van der Waals surface area contributed by atoms with E-state index >= 15 is 0 Å². The molecule has 9 heteroatoms. The van der Waals surface area contributed by atoms with E-state index in [1.807, 2.05) is 0 Å². The average Bonchev–Trinajstić information content (AvgIpc) is 3.05. The second kappa shape index (κ2) is 10.5. The van der Waals surface area contributed by atoms with Gasteiger partial charge in [-0.25, -0.2) is 17.5 Å². The SMILES string of the molecule is CCCC1Cc2cc(F)c(OCCNS(=O)(=O)C3CCC3)cc2C1Cc1cccc(C(F)(F)F)c1. The van der Waals surface area contributed by atoms with Crippen LogP contribution in [0, 0.1) is 11.7 Å². The Morgan fingerprint density at radius 1 is 1.14 bits per heavy atom. The third kappa shape index (κ3) is 6.00. The monoisotopic (exact) mass is 513 g/mol. The van der Waals surface area contributed by atoms with Gasteiger partial charge in [-0.1, -0.05) is 38.0 Å². The predicted molar refractivity (Wildman–Crippen MR) is 126 cm³/mol. The Morgan fingerprint density at radius 3 is 2.57 bits per heavy atom. The van der Waals surface area contributed by atoms with E-state index in [0.29, 0.717) is 31.2 Å². The molecule has 0 heterocycles. The summed E-state index contributed by atoms with van der Waals surface area (Å²) in [4.78, 5) is 0. The molecular weight excluding hydrogens is 482 g/mol. The zero-order valence-electron chi connectivity index (χ0n) is 19.7. The second-order valence-corrected chi connectivity index (χ2v) is 11.6. The van der Waals surface area contributed by atoms with Crippen LogP contribution < -0.4 is 9.46 Å². The molecule has 2 aliphatic carbocycles. The molecule has 0 radical (unpaired) electrons. The molecule has 0 aliphatic heterocycles. The van der Waals surface area contributed by atoms with Crippen molar-refractivity contribution in [2.24, 2.45) is 5.92 Å². The van der Waals surface area contributed by atoms with Crippen LogP contribution in [-0.4, -0.2) is 26.8 Å². The zero-order valence-corrected chi connectivity index (χ0v) is 20.5. The molecule has 35 heavy (non-hydrogen) atoms. The van der Waals surface area contributed by atoms with E-state index in [9.17, 15) is 26.0 Å². The van der Waals surface area contributed by atoms with E-state index in [0.717, 1.165) is 36.5 Å². The number of nitrogens with one attached hydrogen (secondary N) is 1. The highest BCUT2D eigenvalue weighted by Gasteiger charge is 2.35. The minimum absolute atomic E-state index is 0.0155. The minimum Gasteiger partial charge on any atom is -0.489 e. The van der Waals surface area contributed by atoms with E-state index in [1.54, 1.807) is 12.1 Å². The highest BCUT2D eigenvalue weighted by atomic mass is 32.2. The lowest BCUT2D eigenvalue weighted by Gasteiger charge is -2.25. The van der Waals surface area contributed by atoms with Crippen LogP contribution in [0.15, 0.2) is 36.4 Å². The fraction of sp³-hybridized carbons (Fsp3) is 0.538. The summed E-state index contributed by atoms with van der Waals surface area (Å²) in [5.74, 6) is -0.319. The molecule has 0 aromatic heterocycles. The van der Waals surface area contributed by atoms with Gasteiger partial charge in [-0.2, -0.15) is 13.2 Å². The van der Waals surface area contributed by atoms with Gasteiger partial charge in [0.2, 0.25) is 10.0 Å². The van der Waals surface area contributed by atoms with Gasteiger partial charge in [-0.3, -0.25) is 0 Å². The Bertz CT molecular complexity index is 1150. The molecule has 4 rings (SSSR count). The number of rotatable bonds is 10. The predicted octanol–water partition coefficient (Wildman–Crippen LogP) is 5.99. The van der Waals surface area contributed by atoms with E-state index in [-0.39, 0.29) is 36.0 Å². The smallest absolute Gasteiger partial charge is 0.416 e. The highest BCUT2D eigenvalue weighted by molar-refractivity contribution is 7.90. The lowest BCUT2D eigenvalue weighted by Crippen LogP contribution is -2.40. The third-order valence-electron chi connectivity index (χ3n) is 7.17. The molecule has 1 fully saturated rings. The molecule has 1 saturated carbocycles. The van der Waals surface area contributed by atoms with E-state index in [4.69, 9.17) is 4.74 Å². The van der Waals surface area contributed by atoms with Crippen LogP contribution in [0.4, 0.5) is 17.6 Å². The number of halogens is 4. The maximum atomic E-state index is 14.8. The molecule has 2 aromatic rings. The van der Waals surface area contributed by atoms with Crippen molar-refractivity contribution in [3.05, 3.63) is 64.5 Å². The lowest BCUT2D eigenvalue weighted by molar-refractivity contribution is -0.137. The second-order valence-electron chi connectivity index (χ2n) is 9.58. The van der Waals surface area contributed by atoms with Crippen LogP contribution in [0.1, 0.15) is 67.2 Å². The maximum Gasteiger partial charge on any atom is 0.416 e. The van der Waals surface area contributed by atoms with Gasteiger partial charge in [0.25, 0.3) is 0 Å². The topological polar surface area (TPSA) is 55.4 Å². The average molecular weight is 514 g/mol. The van der Waals surface area contributed by atoms with Gasteiger partial charge in [0, 0.05) is 6.54 Å². The number of fused-ring (bicyclic) bond motifs is 1. The molecule has 0 bridgehead atoms. The van der Waals surface area contributed by atoms with E-state index in [2.05, 4.69) is 11.6 Å². The number of sulfonamides is 1. The van der Waals surface area contributed by atoms with Gasteiger partial charge >= 0.3 is 6.18 Å². The number of hydrogen-bond donors (Lipinski definition) is 1. The molecule has 4 nitrogen and oxygen atoms in total. The quantitative estimate of drug-likeness (QED) is 0.314. The summed E-state index contributed by atoms with van der Waals surface area (Å²) in [7, 11) is -3.37. The van der Waals surface area contributed by atoms with E-state index < -0.39 is 27.6 Å². The van der Waals surface area contributed by atoms with Crippen LogP contribution in [0.25, 0.3) is 0 Å². The minimum atomic E-state index is -4.41. The zero-order chi connectivity index (χ0) is 25.2. The molecule has 2 aliphatic rings. The van der Waals surface area contributed by atoms with Crippen LogP contribution in [0.3, 0.4) is 0 Å². The molecule has 0 amide bonds. The Balaban J connectivity index is 1.49. The molecule has 0 saturated heterocycles. The third-order valence-corrected chi connectivity index (χ3v) is 9.12. The summed E-state index contributed by atoms with van der Waals surface area (Å²) in [5.41, 5.74) is 1.67. The number of benzene rings is 2. The van der Waals surface area contributed by atoms with Crippen molar-refractivity contribution in [1.29, 1.82) is 0 Å². The summed E-state index contributed by atoms with van der Waals surface area (Å²) >= 11 is 0. The number of hydrogen-bond acceptors (Lipinski definition) is 3. The van der Waals surface area contributed by atoms with Crippen molar-refractivity contribution in [3.63, 3.8) is 0 Å². The maximum absolute atomic E-state index is 14.8. The highest BCUT2D eigenvalue weighted by Crippen LogP contribution is 2.45. The fourth-order valence-electron chi connectivity index (χ4n) is 5.14. The van der Waals surface area contributed by atoms with Gasteiger partial charge in [-0.15, -0.1) is 0 Å². The molecule has 2 unspecified atom stereocenters. The Morgan fingerprint density at radius 2 is 1.91 bits per heavy atom.